The Balaban J connectivity index is 3.09. The monoisotopic (exact) mass is 430 g/mol. The molecule has 10 nitrogen and oxygen atoms in total. The van der Waals surface area contributed by atoms with Crippen LogP contribution >= 0.6 is 0 Å². The highest BCUT2D eigenvalue weighted by Crippen LogP contribution is 2.18. The second kappa shape index (κ2) is 8.68. The van der Waals surface area contributed by atoms with Gasteiger partial charge in [-0.15, -0.1) is 0 Å². The van der Waals surface area contributed by atoms with Crippen molar-refractivity contribution in [3.8, 4) is 0 Å². The number of ether oxygens (including phenoxy) is 2. The summed E-state index contributed by atoms with van der Waals surface area (Å²) in [6, 6.07) is 3.15. The maximum absolute atomic E-state index is 12.4. The number of nitrogens with one attached hydrogen (secondary N) is 2. The number of carboxylic acid groups (broad SMARTS) is 1. The fraction of sp³-hybridized carbons (Fsp3) is 0.500. The normalized spacial score (nSPS) is 12.1. The molecule has 2 amide bonds. The van der Waals surface area contributed by atoms with Crippen molar-refractivity contribution in [1.82, 2.24) is 10.0 Å². The zero-order valence-electron chi connectivity index (χ0n) is 17.2. The molecular weight excluding hydrogens is 404 g/mol. The Morgan fingerprint density at radius 3 is 1.97 bits per heavy atom. The van der Waals surface area contributed by atoms with Crippen LogP contribution in [0.15, 0.2) is 23.1 Å². The van der Waals surface area contributed by atoms with E-state index in [0.717, 1.165) is 18.2 Å². The van der Waals surface area contributed by atoms with Crippen LogP contribution in [0.3, 0.4) is 0 Å². The second-order valence-corrected chi connectivity index (χ2v) is 9.77. The number of amides is 2. The van der Waals surface area contributed by atoms with E-state index in [4.69, 9.17) is 9.47 Å². The molecule has 0 spiro atoms. The minimum atomic E-state index is -4.33. The van der Waals surface area contributed by atoms with Gasteiger partial charge in [0.2, 0.25) is 0 Å². The molecule has 1 aromatic carbocycles. The molecular formula is C18H26N2O8S. The lowest BCUT2D eigenvalue weighted by molar-refractivity contribution is 0.0519. The van der Waals surface area contributed by atoms with Crippen LogP contribution in [0.25, 0.3) is 0 Å². The molecule has 29 heavy (non-hydrogen) atoms. The van der Waals surface area contributed by atoms with Gasteiger partial charge in [-0.25, -0.2) is 27.5 Å². The topological polar surface area (TPSA) is 148 Å². The van der Waals surface area contributed by atoms with Gasteiger partial charge >= 0.3 is 18.2 Å². The summed E-state index contributed by atoms with van der Waals surface area (Å²) in [7, 11) is -4.33. The Kier molecular flexibility index (Phi) is 7.25. The van der Waals surface area contributed by atoms with E-state index < -0.39 is 39.4 Å². The summed E-state index contributed by atoms with van der Waals surface area (Å²) in [5.74, 6) is -1.31. The maximum Gasteiger partial charge on any atom is 0.421 e. The van der Waals surface area contributed by atoms with Crippen molar-refractivity contribution in [3.05, 3.63) is 29.3 Å². The fourth-order valence-electron chi connectivity index (χ4n) is 2.04. The van der Waals surface area contributed by atoms with E-state index >= 15 is 0 Å². The number of carbonyl (C=O) groups excluding carboxylic acids is 2. The van der Waals surface area contributed by atoms with Crippen molar-refractivity contribution < 1.29 is 37.4 Å². The first-order valence-corrected chi connectivity index (χ1v) is 10.1. The van der Waals surface area contributed by atoms with Gasteiger partial charge < -0.3 is 19.9 Å². The number of sulfonamides is 1. The average Bonchev–Trinajstić information content (AvgIpc) is 2.48. The average molecular weight is 430 g/mol. The minimum Gasteiger partial charge on any atom is -0.478 e. The van der Waals surface area contributed by atoms with Crippen molar-refractivity contribution in [1.29, 1.82) is 0 Å². The number of hydrogen-bond acceptors (Lipinski definition) is 7. The zero-order valence-corrected chi connectivity index (χ0v) is 18.0. The van der Waals surface area contributed by atoms with Crippen molar-refractivity contribution in [2.45, 2.75) is 64.2 Å². The fourth-order valence-corrected chi connectivity index (χ4v) is 2.96. The lowest BCUT2D eigenvalue weighted by Gasteiger charge is -2.20. The Bertz CT molecular complexity index is 895. The number of aromatic carboxylic acids is 1. The number of carbonyl (C=O) groups is 3. The number of hydrogen-bond donors (Lipinski definition) is 3. The maximum atomic E-state index is 12.4. The summed E-state index contributed by atoms with van der Waals surface area (Å²) in [5.41, 5.74) is -1.87. The highest BCUT2D eigenvalue weighted by molar-refractivity contribution is 7.90. The van der Waals surface area contributed by atoms with E-state index in [0.29, 0.717) is 0 Å². The molecule has 0 saturated heterocycles. The zero-order chi connectivity index (χ0) is 22.6. The smallest absolute Gasteiger partial charge is 0.421 e. The van der Waals surface area contributed by atoms with Crippen molar-refractivity contribution in [3.63, 3.8) is 0 Å². The first-order chi connectivity index (χ1) is 13.0. The molecule has 0 fully saturated rings. The Morgan fingerprint density at radius 1 is 0.966 bits per heavy atom. The van der Waals surface area contributed by atoms with Gasteiger partial charge in [-0.05, 0) is 65.3 Å². The molecule has 0 heterocycles. The predicted molar refractivity (Wildman–Crippen MR) is 103 cm³/mol. The van der Waals surface area contributed by atoms with Gasteiger partial charge in [0.1, 0.15) is 11.2 Å². The van der Waals surface area contributed by atoms with Gasteiger partial charge in [0.25, 0.3) is 10.0 Å². The van der Waals surface area contributed by atoms with E-state index in [-0.39, 0.29) is 22.6 Å². The van der Waals surface area contributed by atoms with Gasteiger partial charge in [-0.3, -0.25) is 0 Å². The highest BCUT2D eigenvalue weighted by atomic mass is 32.2. The van der Waals surface area contributed by atoms with Gasteiger partial charge in [0.05, 0.1) is 10.5 Å². The van der Waals surface area contributed by atoms with Crippen LogP contribution in [0.2, 0.25) is 0 Å². The molecule has 0 bridgehead atoms. The van der Waals surface area contributed by atoms with E-state index in [1.165, 1.54) is 0 Å². The molecule has 0 atom stereocenters. The largest absolute Gasteiger partial charge is 0.478 e. The van der Waals surface area contributed by atoms with Crippen molar-refractivity contribution in [2.24, 2.45) is 0 Å². The molecule has 1 aromatic rings. The van der Waals surface area contributed by atoms with Gasteiger partial charge in [0, 0.05) is 6.54 Å². The van der Waals surface area contributed by atoms with E-state index in [9.17, 15) is 27.9 Å². The first-order valence-electron chi connectivity index (χ1n) is 8.59. The second-order valence-electron chi connectivity index (χ2n) is 8.09. The Morgan fingerprint density at radius 2 is 1.48 bits per heavy atom. The minimum absolute atomic E-state index is 0.00965. The highest BCUT2D eigenvalue weighted by Gasteiger charge is 2.25. The quantitative estimate of drug-likeness (QED) is 0.645. The lowest BCUT2D eigenvalue weighted by Crippen LogP contribution is -2.36. The third-order valence-electron chi connectivity index (χ3n) is 3.06. The van der Waals surface area contributed by atoms with Gasteiger partial charge in [0.15, 0.2) is 0 Å². The predicted octanol–water partition coefficient (Wildman–Crippen LogP) is 2.62. The Hall–Kier alpha value is -2.82. The molecule has 0 aliphatic heterocycles. The molecule has 0 unspecified atom stereocenters. The molecule has 3 N–H and O–H groups in total. The standard InChI is InChI=1S/C18H26N2O8S/c1-17(2,3)27-15(23)19-10-11-9-12(7-8-13(11)14(21)22)29(25,26)20-16(24)28-18(4,5)6/h7-9H,10H2,1-6H3,(H,19,23)(H,20,24)(H,21,22). The summed E-state index contributed by atoms with van der Waals surface area (Å²) in [6.07, 6.45) is -1.97. The SMILES string of the molecule is CC(C)(C)OC(=O)NCc1cc(S(=O)(=O)NC(=O)OC(C)(C)C)ccc1C(=O)O. The Labute approximate surface area is 169 Å². The van der Waals surface area contributed by atoms with E-state index in [1.807, 2.05) is 0 Å². The molecule has 0 saturated carbocycles. The molecule has 0 aliphatic carbocycles. The van der Waals surface area contributed by atoms with Crippen LogP contribution in [0, 0.1) is 0 Å². The van der Waals surface area contributed by atoms with Gasteiger partial charge in [-0.1, -0.05) is 0 Å². The van der Waals surface area contributed by atoms with Crippen molar-refractivity contribution in [2.75, 3.05) is 0 Å². The summed E-state index contributed by atoms with van der Waals surface area (Å²) >= 11 is 0. The summed E-state index contributed by atoms with van der Waals surface area (Å²) in [6.45, 7) is 9.39. The third kappa shape index (κ3) is 8.38. The van der Waals surface area contributed by atoms with Crippen LogP contribution in [-0.4, -0.2) is 42.9 Å². The number of alkyl carbamates (subject to hydrolysis) is 1. The molecule has 0 aromatic heterocycles. The van der Waals surface area contributed by atoms with Gasteiger partial charge in [-0.2, -0.15) is 0 Å². The van der Waals surface area contributed by atoms with Crippen molar-refractivity contribution >= 4 is 28.2 Å². The summed E-state index contributed by atoms with van der Waals surface area (Å²) < 4.78 is 36.6. The van der Waals surface area contributed by atoms with Crippen LogP contribution < -0.4 is 10.0 Å². The van der Waals surface area contributed by atoms with Crippen LogP contribution in [0.5, 0.6) is 0 Å². The lowest BCUT2D eigenvalue weighted by atomic mass is 10.1. The molecule has 1 rings (SSSR count). The number of rotatable bonds is 5. The first kappa shape index (κ1) is 24.2. The third-order valence-corrected chi connectivity index (χ3v) is 4.37. The van der Waals surface area contributed by atoms with E-state index in [1.54, 1.807) is 46.3 Å². The summed E-state index contributed by atoms with van der Waals surface area (Å²) in [5, 5.41) is 11.7. The number of benzene rings is 1. The molecule has 162 valence electrons. The summed E-state index contributed by atoms with van der Waals surface area (Å²) in [4.78, 5) is 34.6. The molecule has 11 heteroatoms. The number of carboxylic acids is 1. The van der Waals surface area contributed by atoms with Crippen LogP contribution in [-0.2, 0) is 26.0 Å². The van der Waals surface area contributed by atoms with Crippen LogP contribution in [0.4, 0.5) is 9.59 Å². The molecule has 0 aliphatic rings. The molecule has 0 radical (unpaired) electrons. The van der Waals surface area contributed by atoms with E-state index in [2.05, 4.69) is 5.32 Å². The van der Waals surface area contributed by atoms with Crippen LogP contribution in [0.1, 0.15) is 57.5 Å².